The molecule has 3 rings (SSSR count). The van der Waals surface area contributed by atoms with Gasteiger partial charge in [0.05, 0.1) is 6.61 Å². The molecule has 1 saturated heterocycles. The predicted octanol–water partition coefficient (Wildman–Crippen LogP) is 3.84. The zero-order chi connectivity index (χ0) is 18.7. The molecule has 5 nitrogen and oxygen atoms in total. The fourth-order valence-electron chi connectivity index (χ4n) is 3.19. The Balaban J connectivity index is 1.65. The Labute approximate surface area is 155 Å². The van der Waals surface area contributed by atoms with Crippen LogP contribution in [0.2, 0.25) is 0 Å². The van der Waals surface area contributed by atoms with E-state index in [-0.39, 0.29) is 11.7 Å². The molecule has 1 aliphatic rings. The topological polar surface area (TPSA) is 55.3 Å². The number of anilines is 1. The Hall–Kier alpha value is -2.43. The average molecular weight is 353 g/mol. The molecule has 0 radical (unpaired) electrons. The Kier molecular flexibility index (Phi) is 5.55. The van der Waals surface area contributed by atoms with Gasteiger partial charge in [0.2, 0.25) is 5.95 Å². The number of hydrogen-bond acceptors (Lipinski definition) is 5. The molecule has 0 aliphatic carbocycles. The molecular formula is C21H27N3O2. The standard InChI is InChI=1S/C21H27N3O2/c1-14(2)20(25)18-11-16(4)22-21(23-18)24-10-9-17(12-24)13-26-19-8-6-5-7-15(19)3/h5-8,11,14,17H,9-10,12-13H2,1-4H3. The SMILES string of the molecule is Cc1cc(C(=O)C(C)C)nc(N2CCC(COc3ccccc3C)C2)n1. The lowest BCUT2D eigenvalue weighted by Gasteiger charge is -2.18. The van der Waals surface area contributed by atoms with Gasteiger partial charge in [-0.15, -0.1) is 0 Å². The van der Waals surface area contributed by atoms with Crippen molar-refractivity contribution in [3.05, 3.63) is 47.3 Å². The number of ether oxygens (including phenoxy) is 1. The minimum Gasteiger partial charge on any atom is -0.493 e. The van der Waals surface area contributed by atoms with Crippen LogP contribution in [0, 0.1) is 25.7 Å². The molecule has 1 fully saturated rings. The van der Waals surface area contributed by atoms with Gasteiger partial charge in [0.1, 0.15) is 11.4 Å². The average Bonchev–Trinajstić information content (AvgIpc) is 3.09. The van der Waals surface area contributed by atoms with Crippen molar-refractivity contribution in [1.82, 2.24) is 9.97 Å². The van der Waals surface area contributed by atoms with Crippen LogP contribution in [0.1, 0.15) is 42.0 Å². The molecule has 1 aromatic heterocycles. The monoisotopic (exact) mass is 353 g/mol. The first-order valence-electron chi connectivity index (χ1n) is 9.27. The van der Waals surface area contributed by atoms with Crippen molar-refractivity contribution in [1.29, 1.82) is 0 Å². The van der Waals surface area contributed by atoms with Gasteiger partial charge in [-0.1, -0.05) is 32.0 Å². The van der Waals surface area contributed by atoms with Crippen molar-refractivity contribution in [2.24, 2.45) is 11.8 Å². The summed E-state index contributed by atoms with van der Waals surface area (Å²) < 4.78 is 6.00. The van der Waals surface area contributed by atoms with Crippen LogP contribution in [0.15, 0.2) is 30.3 Å². The number of rotatable bonds is 6. The van der Waals surface area contributed by atoms with Crippen LogP contribution in [0.5, 0.6) is 5.75 Å². The van der Waals surface area contributed by atoms with Crippen LogP contribution in [0.25, 0.3) is 0 Å². The van der Waals surface area contributed by atoms with E-state index in [4.69, 9.17) is 4.74 Å². The van der Waals surface area contributed by atoms with E-state index >= 15 is 0 Å². The summed E-state index contributed by atoms with van der Waals surface area (Å²) in [4.78, 5) is 23.5. The lowest BCUT2D eigenvalue weighted by molar-refractivity contribution is 0.0934. The van der Waals surface area contributed by atoms with Crippen molar-refractivity contribution in [2.45, 2.75) is 34.1 Å². The van der Waals surface area contributed by atoms with E-state index in [0.29, 0.717) is 24.2 Å². The van der Waals surface area contributed by atoms with E-state index in [0.717, 1.165) is 36.5 Å². The Morgan fingerprint density at radius 2 is 2.04 bits per heavy atom. The summed E-state index contributed by atoms with van der Waals surface area (Å²) in [5.41, 5.74) is 2.50. The fraction of sp³-hybridized carbons (Fsp3) is 0.476. The highest BCUT2D eigenvalue weighted by Crippen LogP contribution is 2.24. The summed E-state index contributed by atoms with van der Waals surface area (Å²) >= 11 is 0. The molecule has 1 atom stereocenters. The third-order valence-corrected chi connectivity index (χ3v) is 4.76. The normalized spacial score (nSPS) is 17.0. The molecule has 2 heterocycles. The number of nitrogens with zero attached hydrogens (tertiary/aromatic N) is 3. The molecule has 5 heteroatoms. The van der Waals surface area contributed by atoms with Gasteiger partial charge in [-0.3, -0.25) is 4.79 Å². The number of benzene rings is 1. The van der Waals surface area contributed by atoms with E-state index in [1.807, 2.05) is 39.0 Å². The molecule has 1 aromatic carbocycles. The molecule has 0 spiro atoms. The van der Waals surface area contributed by atoms with Crippen LogP contribution in [-0.2, 0) is 0 Å². The molecule has 1 unspecified atom stereocenters. The van der Waals surface area contributed by atoms with Crippen molar-refractivity contribution in [3.8, 4) is 5.75 Å². The molecule has 2 aromatic rings. The molecule has 0 amide bonds. The third kappa shape index (κ3) is 4.21. The van der Waals surface area contributed by atoms with Gasteiger partial charge in [-0.2, -0.15) is 0 Å². The number of para-hydroxylation sites is 1. The highest BCUT2D eigenvalue weighted by Gasteiger charge is 2.26. The summed E-state index contributed by atoms with van der Waals surface area (Å²) in [6, 6.07) is 9.86. The quantitative estimate of drug-likeness (QED) is 0.739. The second-order valence-corrected chi connectivity index (χ2v) is 7.39. The predicted molar refractivity (Wildman–Crippen MR) is 103 cm³/mol. The van der Waals surface area contributed by atoms with Crippen LogP contribution < -0.4 is 9.64 Å². The van der Waals surface area contributed by atoms with E-state index < -0.39 is 0 Å². The van der Waals surface area contributed by atoms with Crippen LogP contribution in [0.4, 0.5) is 5.95 Å². The van der Waals surface area contributed by atoms with Crippen LogP contribution in [-0.4, -0.2) is 35.4 Å². The molecule has 0 saturated carbocycles. The first kappa shape index (κ1) is 18.4. The second kappa shape index (κ2) is 7.85. The molecule has 0 N–H and O–H groups in total. The van der Waals surface area contributed by atoms with Gasteiger partial charge < -0.3 is 9.64 Å². The maximum Gasteiger partial charge on any atom is 0.226 e. The zero-order valence-electron chi connectivity index (χ0n) is 16.0. The molecule has 26 heavy (non-hydrogen) atoms. The van der Waals surface area contributed by atoms with Gasteiger partial charge in [-0.25, -0.2) is 9.97 Å². The number of hydrogen-bond donors (Lipinski definition) is 0. The van der Waals surface area contributed by atoms with Gasteiger partial charge in [0.25, 0.3) is 0 Å². The minimum atomic E-state index is -0.0639. The zero-order valence-corrected chi connectivity index (χ0v) is 16.0. The fourth-order valence-corrected chi connectivity index (χ4v) is 3.19. The van der Waals surface area contributed by atoms with Gasteiger partial charge >= 0.3 is 0 Å². The Morgan fingerprint density at radius 1 is 1.27 bits per heavy atom. The van der Waals surface area contributed by atoms with Gasteiger partial charge in [-0.05, 0) is 38.0 Å². The summed E-state index contributed by atoms with van der Waals surface area (Å²) in [7, 11) is 0. The third-order valence-electron chi connectivity index (χ3n) is 4.76. The van der Waals surface area contributed by atoms with Crippen molar-refractivity contribution >= 4 is 11.7 Å². The molecule has 0 bridgehead atoms. The Morgan fingerprint density at radius 3 is 2.77 bits per heavy atom. The number of Topliss-reactive ketones (excluding diaryl/α,β-unsaturated/α-hetero) is 1. The first-order chi connectivity index (χ1) is 12.4. The lowest BCUT2D eigenvalue weighted by Crippen LogP contribution is -2.25. The highest BCUT2D eigenvalue weighted by atomic mass is 16.5. The van der Waals surface area contributed by atoms with E-state index in [1.54, 1.807) is 6.07 Å². The smallest absolute Gasteiger partial charge is 0.226 e. The van der Waals surface area contributed by atoms with Crippen molar-refractivity contribution < 1.29 is 9.53 Å². The molecule has 1 aliphatic heterocycles. The van der Waals surface area contributed by atoms with E-state index in [2.05, 4.69) is 27.9 Å². The van der Waals surface area contributed by atoms with Crippen molar-refractivity contribution in [2.75, 3.05) is 24.6 Å². The Bertz CT molecular complexity index is 789. The van der Waals surface area contributed by atoms with Crippen LogP contribution >= 0.6 is 0 Å². The van der Waals surface area contributed by atoms with Gasteiger partial charge in [0.15, 0.2) is 5.78 Å². The largest absolute Gasteiger partial charge is 0.493 e. The van der Waals surface area contributed by atoms with E-state index in [9.17, 15) is 4.79 Å². The van der Waals surface area contributed by atoms with Crippen molar-refractivity contribution in [3.63, 3.8) is 0 Å². The minimum absolute atomic E-state index is 0.0639. The second-order valence-electron chi connectivity index (χ2n) is 7.39. The maximum atomic E-state index is 12.3. The van der Waals surface area contributed by atoms with Crippen LogP contribution in [0.3, 0.4) is 0 Å². The van der Waals surface area contributed by atoms with Gasteiger partial charge in [0, 0.05) is 30.6 Å². The maximum absolute atomic E-state index is 12.3. The number of ketones is 1. The summed E-state index contributed by atoms with van der Waals surface area (Å²) in [5.74, 6) is 2.04. The summed E-state index contributed by atoms with van der Waals surface area (Å²) in [6.07, 6.45) is 1.04. The number of carbonyl (C=O) groups is 1. The number of carbonyl (C=O) groups excluding carboxylic acids is 1. The number of aryl methyl sites for hydroxylation is 2. The summed E-state index contributed by atoms with van der Waals surface area (Å²) in [6.45, 7) is 10.2. The first-order valence-corrected chi connectivity index (χ1v) is 9.27. The van der Waals surface area contributed by atoms with E-state index in [1.165, 1.54) is 0 Å². The highest BCUT2D eigenvalue weighted by molar-refractivity contribution is 5.95. The molecular weight excluding hydrogens is 326 g/mol. The molecule has 138 valence electrons. The lowest BCUT2D eigenvalue weighted by atomic mass is 10.1. The summed E-state index contributed by atoms with van der Waals surface area (Å²) in [5, 5.41) is 0. The number of aromatic nitrogens is 2.